The number of rotatable bonds is 14. The summed E-state index contributed by atoms with van der Waals surface area (Å²) in [6, 6.07) is 24.5. The van der Waals surface area contributed by atoms with Crippen molar-refractivity contribution >= 4 is 44.9 Å². The summed E-state index contributed by atoms with van der Waals surface area (Å²) in [5.41, 5.74) is 3.91. The molecule has 0 aliphatic carbocycles. The highest BCUT2D eigenvalue weighted by Crippen LogP contribution is 2.42. The molecule has 0 spiro atoms. The number of hydrogen-bond donors (Lipinski definition) is 1. The van der Waals surface area contributed by atoms with Crippen LogP contribution in [-0.4, -0.2) is 17.0 Å². The molecule has 4 rings (SSSR count). The van der Waals surface area contributed by atoms with Crippen LogP contribution in [0.25, 0.3) is 10.2 Å². The first-order valence-electron chi connectivity index (χ1n) is 15.7. The Morgan fingerprint density at radius 2 is 1.70 bits per heavy atom. The van der Waals surface area contributed by atoms with Gasteiger partial charge in [-0.25, -0.2) is 4.98 Å². The molecule has 0 aliphatic rings. The Labute approximate surface area is 271 Å². The largest absolute Gasteiger partial charge is 0.480 e. The van der Waals surface area contributed by atoms with Crippen LogP contribution in [0.2, 0.25) is 0 Å². The second-order valence-electron chi connectivity index (χ2n) is 12.6. The second kappa shape index (κ2) is 14.6. The molecule has 1 amide bonds. The summed E-state index contributed by atoms with van der Waals surface area (Å²) in [6.07, 6.45) is 3.77. The van der Waals surface area contributed by atoms with Crippen molar-refractivity contribution in [2.45, 2.75) is 108 Å². The van der Waals surface area contributed by atoms with E-state index in [0.29, 0.717) is 12.1 Å². The number of fused-ring (bicyclic) bond motifs is 1. The molecule has 7 heteroatoms. The predicted molar refractivity (Wildman–Crippen MR) is 186 cm³/mol. The van der Waals surface area contributed by atoms with Crippen LogP contribution in [0.3, 0.4) is 0 Å². The van der Waals surface area contributed by atoms with Crippen molar-refractivity contribution in [3.8, 4) is 11.8 Å². The van der Waals surface area contributed by atoms with Gasteiger partial charge in [0.2, 0.25) is 0 Å². The summed E-state index contributed by atoms with van der Waals surface area (Å²) < 4.78 is 7.69. The van der Waals surface area contributed by atoms with Crippen LogP contribution in [0.1, 0.15) is 102 Å². The monoisotopic (exact) mass is 627 g/mol. The summed E-state index contributed by atoms with van der Waals surface area (Å²) in [6.45, 7) is 15.6. The third-order valence-electron chi connectivity index (χ3n) is 8.68. The third-order valence-corrected chi connectivity index (χ3v) is 11.1. The fourth-order valence-corrected chi connectivity index (χ4v) is 6.96. The van der Waals surface area contributed by atoms with Gasteiger partial charge in [0.1, 0.15) is 16.0 Å². The second-order valence-corrected chi connectivity index (χ2v) is 14.8. The zero-order chi connectivity index (χ0) is 31.9. The number of hydrogen-bond acceptors (Lipinski definition) is 6. The lowest BCUT2D eigenvalue weighted by molar-refractivity contribution is -0.123. The van der Waals surface area contributed by atoms with Gasteiger partial charge in [0.05, 0.1) is 22.0 Å². The number of unbranched alkanes of at least 4 members (excludes halogenated alkanes) is 1. The lowest BCUT2D eigenvalue weighted by Gasteiger charge is -2.31. The van der Waals surface area contributed by atoms with Crippen molar-refractivity contribution in [2.75, 3.05) is 5.32 Å². The molecular weight excluding hydrogens is 583 g/mol. The van der Waals surface area contributed by atoms with Gasteiger partial charge in [0.25, 0.3) is 5.91 Å². The molecule has 0 saturated heterocycles. The minimum atomic E-state index is -0.652. The van der Waals surface area contributed by atoms with E-state index in [1.54, 1.807) is 0 Å². The molecule has 0 saturated carbocycles. The van der Waals surface area contributed by atoms with Crippen LogP contribution in [0.4, 0.5) is 5.69 Å². The van der Waals surface area contributed by atoms with Crippen molar-refractivity contribution in [3.05, 3.63) is 82.9 Å². The molecule has 0 bridgehead atoms. The maximum atomic E-state index is 13.9. The summed E-state index contributed by atoms with van der Waals surface area (Å²) in [5, 5.41) is 13.5. The number of nitrogens with one attached hydrogen (secondary N) is 1. The van der Waals surface area contributed by atoms with Crippen molar-refractivity contribution in [2.24, 2.45) is 0 Å². The number of thioether (sulfide) groups is 1. The minimum absolute atomic E-state index is 0.0457. The number of anilines is 1. The van der Waals surface area contributed by atoms with Crippen LogP contribution in [-0.2, 0) is 15.6 Å². The Bertz CT molecular complexity index is 1590. The Morgan fingerprint density at radius 3 is 2.39 bits per heavy atom. The topological polar surface area (TPSA) is 75.0 Å². The van der Waals surface area contributed by atoms with Crippen LogP contribution in [0.15, 0.2) is 71.6 Å². The molecule has 232 valence electrons. The molecular formula is C37H45N3O2S2. The van der Waals surface area contributed by atoms with Crippen molar-refractivity contribution in [3.63, 3.8) is 0 Å². The number of aromatic nitrogens is 1. The van der Waals surface area contributed by atoms with E-state index in [9.17, 15) is 10.1 Å². The molecule has 4 aromatic rings. The number of nitriles is 1. The van der Waals surface area contributed by atoms with Crippen LogP contribution >= 0.6 is 23.1 Å². The maximum Gasteiger partial charge on any atom is 0.265 e. The smallest absolute Gasteiger partial charge is 0.265 e. The molecule has 2 unspecified atom stereocenters. The van der Waals surface area contributed by atoms with E-state index in [1.807, 2.05) is 48.5 Å². The van der Waals surface area contributed by atoms with E-state index in [2.05, 4.69) is 78.1 Å². The van der Waals surface area contributed by atoms with Gasteiger partial charge in [-0.3, -0.25) is 4.79 Å². The molecule has 1 heterocycles. The number of thiazole rings is 1. The molecule has 0 fully saturated rings. The van der Waals surface area contributed by atoms with Gasteiger partial charge in [0.15, 0.2) is 6.10 Å². The van der Waals surface area contributed by atoms with Gasteiger partial charge in [-0.2, -0.15) is 5.26 Å². The average molecular weight is 628 g/mol. The van der Waals surface area contributed by atoms with Crippen molar-refractivity contribution in [1.29, 1.82) is 5.26 Å². The van der Waals surface area contributed by atoms with Gasteiger partial charge in [-0.1, -0.05) is 103 Å². The first-order valence-corrected chi connectivity index (χ1v) is 17.4. The highest BCUT2D eigenvalue weighted by molar-refractivity contribution is 8.00. The van der Waals surface area contributed by atoms with Gasteiger partial charge in [-0.05, 0) is 72.4 Å². The number of carbonyl (C=O) groups is 1. The molecule has 5 nitrogen and oxygen atoms in total. The zero-order valence-corrected chi connectivity index (χ0v) is 28.7. The normalized spacial score (nSPS) is 13.3. The van der Waals surface area contributed by atoms with E-state index in [-0.39, 0.29) is 16.7 Å². The Kier molecular flexibility index (Phi) is 11.2. The van der Waals surface area contributed by atoms with Crippen molar-refractivity contribution in [1.82, 2.24) is 4.98 Å². The maximum absolute atomic E-state index is 13.9. The molecule has 44 heavy (non-hydrogen) atoms. The molecule has 3 aromatic carbocycles. The van der Waals surface area contributed by atoms with E-state index in [1.165, 1.54) is 28.7 Å². The Morgan fingerprint density at radius 1 is 1.00 bits per heavy atom. The van der Waals surface area contributed by atoms with Crippen LogP contribution in [0, 0.1) is 11.3 Å². The number of benzene rings is 3. The summed E-state index contributed by atoms with van der Waals surface area (Å²) in [7, 11) is 0. The standard InChI is InChI=1S/C37H45N3O2S2/c1-8-11-18-30(42-29-22-21-25(36(4,5)9-2)23-26(29)37(6,7)10-3)34(41)39-27-16-12-14-19-31(27)43-33(24-38)35-40-28-17-13-15-20-32(28)44-35/h12-17,19-23,30,33H,8-11,18H2,1-7H3,(H,39,41). The van der Waals surface area contributed by atoms with E-state index < -0.39 is 11.4 Å². The Balaban J connectivity index is 1.60. The van der Waals surface area contributed by atoms with Crippen LogP contribution in [0.5, 0.6) is 5.75 Å². The molecule has 0 aliphatic heterocycles. The quantitative estimate of drug-likeness (QED) is 0.141. The number of nitrogens with zero attached hydrogens (tertiary/aromatic N) is 2. The lowest BCUT2D eigenvalue weighted by atomic mass is 9.76. The predicted octanol–water partition coefficient (Wildman–Crippen LogP) is 10.6. The highest BCUT2D eigenvalue weighted by atomic mass is 32.2. The average Bonchev–Trinajstić information content (AvgIpc) is 3.46. The summed E-state index contributed by atoms with van der Waals surface area (Å²) in [5.74, 6) is 0.588. The first-order chi connectivity index (χ1) is 21.0. The first kappa shape index (κ1) is 33.6. The Hall–Kier alpha value is -3.34. The molecule has 2 atom stereocenters. The lowest BCUT2D eigenvalue weighted by Crippen LogP contribution is -2.34. The van der Waals surface area contributed by atoms with Crippen molar-refractivity contribution < 1.29 is 9.53 Å². The van der Waals surface area contributed by atoms with Gasteiger partial charge in [-0.15, -0.1) is 11.3 Å². The van der Waals surface area contributed by atoms with Gasteiger partial charge < -0.3 is 10.1 Å². The highest BCUT2D eigenvalue weighted by Gasteiger charge is 2.30. The molecule has 1 aromatic heterocycles. The molecule has 0 radical (unpaired) electrons. The van der Waals surface area contributed by atoms with Gasteiger partial charge in [0, 0.05) is 10.5 Å². The van der Waals surface area contributed by atoms with E-state index >= 15 is 0 Å². The molecule has 1 N–H and O–H groups in total. The van der Waals surface area contributed by atoms with Crippen LogP contribution < -0.4 is 10.1 Å². The summed E-state index contributed by atoms with van der Waals surface area (Å²) >= 11 is 2.94. The van der Waals surface area contributed by atoms with Gasteiger partial charge >= 0.3 is 0 Å². The minimum Gasteiger partial charge on any atom is -0.480 e. The fraction of sp³-hybridized carbons (Fsp3) is 0.432. The fourth-order valence-electron chi connectivity index (χ4n) is 4.91. The SMILES string of the molecule is CCCCC(Oc1ccc(C(C)(C)CC)cc1C(C)(C)CC)C(=O)Nc1ccccc1SC(C#N)c1nc2ccccc2s1. The number of amides is 1. The summed E-state index contributed by atoms with van der Waals surface area (Å²) in [4.78, 5) is 19.4. The van der Waals surface area contributed by atoms with E-state index in [0.717, 1.165) is 57.1 Å². The zero-order valence-electron chi connectivity index (χ0n) is 27.1. The number of ether oxygens (including phenoxy) is 1. The third kappa shape index (κ3) is 7.83. The van der Waals surface area contributed by atoms with E-state index in [4.69, 9.17) is 9.72 Å². The number of carbonyl (C=O) groups excluding carboxylic acids is 1. The number of para-hydroxylation sites is 2.